The predicted octanol–water partition coefficient (Wildman–Crippen LogP) is 3.28. The molecule has 2 heterocycles. The number of benzene rings is 2. The van der Waals surface area contributed by atoms with Gasteiger partial charge in [-0.15, -0.1) is 0 Å². The third-order valence-corrected chi connectivity index (χ3v) is 5.06. The third-order valence-electron chi connectivity index (χ3n) is 5.06. The molecule has 1 aliphatic heterocycles. The van der Waals surface area contributed by atoms with Crippen molar-refractivity contribution in [2.45, 2.75) is 0 Å². The van der Waals surface area contributed by atoms with E-state index in [1.165, 1.54) is 30.5 Å². The van der Waals surface area contributed by atoms with Gasteiger partial charge in [-0.1, -0.05) is 0 Å². The van der Waals surface area contributed by atoms with E-state index in [0.29, 0.717) is 37.7 Å². The van der Waals surface area contributed by atoms with Gasteiger partial charge < -0.3 is 19.5 Å². The number of ketones is 1. The van der Waals surface area contributed by atoms with E-state index in [0.717, 1.165) is 0 Å². The zero-order chi connectivity index (χ0) is 22.0. The molecule has 9 nitrogen and oxygen atoms in total. The van der Waals surface area contributed by atoms with Crippen LogP contribution in [-0.4, -0.2) is 46.6 Å². The lowest BCUT2D eigenvalue weighted by Crippen LogP contribution is -2.36. The van der Waals surface area contributed by atoms with Crippen LogP contribution in [0.2, 0.25) is 0 Å². The van der Waals surface area contributed by atoms with E-state index in [2.05, 4.69) is 10.3 Å². The van der Waals surface area contributed by atoms with Crippen molar-refractivity contribution in [1.29, 1.82) is 0 Å². The van der Waals surface area contributed by atoms with Crippen molar-refractivity contribution in [3.63, 3.8) is 0 Å². The highest BCUT2D eigenvalue weighted by molar-refractivity contribution is 6.07. The van der Waals surface area contributed by atoms with Gasteiger partial charge in [-0.3, -0.25) is 14.9 Å². The fourth-order valence-electron chi connectivity index (χ4n) is 3.44. The maximum absolute atomic E-state index is 14.7. The van der Waals surface area contributed by atoms with Crippen LogP contribution in [0.3, 0.4) is 0 Å². The molecule has 31 heavy (non-hydrogen) atoms. The Kier molecular flexibility index (Phi) is 5.63. The SMILES string of the molecule is Cn1ccnc1C(=O)c1ccc(Nc2ccc(N3CCOCC3)c(F)c2)c([N+](=O)[O-])c1. The van der Waals surface area contributed by atoms with Gasteiger partial charge in [-0.25, -0.2) is 9.37 Å². The number of carbonyl (C=O) groups excluding carboxylic acids is 1. The first kappa shape index (κ1) is 20.5. The summed E-state index contributed by atoms with van der Waals surface area (Å²) in [5, 5.41) is 14.5. The summed E-state index contributed by atoms with van der Waals surface area (Å²) in [4.78, 5) is 29.5. The number of morpholine rings is 1. The molecule has 1 N–H and O–H groups in total. The molecule has 0 radical (unpaired) electrons. The van der Waals surface area contributed by atoms with Crippen LogP contribution in [0.1, 0.15) is 16.2 Å². The fraction of sp³-hybridized carbons (Fsp3) is 0.238. The molecule has 2 aromatic carbocycles. The molecular weight excluding hydrogens is 405 g/mol. The number of carbonyl (C=O) groups is 1. The first-order valence-electron chi connectivity index (χ1n) is 9.64. The second-order valence-corrected chi connectivity index (χ2v) is 7.07. The number of imidazole rings is 1. The summed E-state index contributed by atoms with van der Waals surface area (Å²) in [6.45, 7) is 2.27. The Labute approximate surface area is 177 Å². The molecule has 1 saturated heterocycles. The van der Waals surface area contributed by atoms with E-state index < -0.39 is 16.5 Å². The van der Waals surface area contributed by atoms with E-state index in [1.54, 1.807) is 29.9 Å². The predicted molar refractivity (Wildman–Crippen MR) is 112 cm³/mol. The quantitative estimate of drug-likeness (QED) is 0.367. The molecule has 0 bridgehead atoms. The highest BCUT2D eigenvalue weighted by Crippen LogP contribution is 2.31. The molecule has 0 spiro atoms. The van der Waals surface area contributed by atoms with Crippen molar-refractivity contribution < 1.29 is 18.8 Å². The second-order valence-electron chi connectivity index (χ2n) is 7.07. The van der Waals surface area contributed by atoms with Gasteiger partial charge >= 0.3 is 0 Å². The van der Waals surface area contributed by atoms with Gasteiger partial charge in [0, 0.05) is 49.8 Å². The van der Waals surface area contributed by atoms with Gasteiger partial charge in [0.05, 0.1) is 23.8 Å². The summed E-state index contributed by atoms with van der Waals surface area (Å²) < 4.78 is 21.5. The van der Waals surface area contributed by atoms with Gasteiger partial charge in [0.2, 0.25) is 5.78 Å². The summed E-state index contributed by atoms with van der Waals surface area (Å²) in [5.74, 6) is -0.685. The van der Waals surface area contributed by atoms with Crippen molar-refractivity contribution in [3.8, 4) is 0 Å². The van der Waals surface area contributed by atoms with E-state index in [4.69, 9.17) is 4.74 Å². The van der Waals surface area contributed by atoms with Crippen LogP contribution in [0.5, 0.6) is 0 Å². The number of hydrogen-bond donors (Lipinski definition) is 1. The molecular formula is C21H20FN5O4. The van der Waals surface area contributed by atoms with E-state index in [9.17, 15) is 19.3 Å². The third kappa shape index (κ3) is 4.24. The summed E-state index contributed by atoms with van der Waals surface area (Å²) in [7, 11) is 1.67. The molecule has 160 valence electrons. The number of nitrogens with zero attached hydrogens (tertiary/aromatic N) is 4. The lowest BCUT2D eigenvalue weighted by molar-refractivity contribution is -0.383. The van der Waals surface area contributed by atoms with Crippen molar-refractivity contribution in [3.05, 3.63) is 76.1 Å². The zero-order valence-corrected chi connectivity index (χ0v) is 16.7. The summed E-state index contributed by atoms with van der Waals surface area (Å²) in [5.41, 5.74) is 0.818. The molecule has 10 heteroatoms. The van der Waals surface area contributed by atoms with E-state index in [-0.39, 0.29) is 22.8 Å². The molecule has 1 aromatic heterocycles. The Morgan fingerprint density at radius 1 is 1.23 bits per heavy atom. The Morgan fingerprint density at radius 3 is 2.65 bits per heavy atom. The minimum Gasteiger partial charge on any atom is -0.378 e. The minimum absolute atomic E-state index is 0.139. The number of nitro groups is 1. The number of nitro benzene ring substituents is 1. The van der Waals surface area contributed by atoms with Crippen LogP contribution in [0.4, 0.5) is 27.1 Å². The van der Waals surface area contributed by atoms with Crippen molar-refractivity contribution in [2.24, 2.45) is 7.05 Å². The molecule has 0 unspecified atom stereocenters. The molecule has 0 atom stereocenters. The number of rotatable bonds is 6. The Hall–Kier alpha value is -3.79. The van der Waals surface area contributed by atoms with Crippen LogP contribution in [0, 0.1) is 15.9 Å². The molecule has 0 saturated carbocycles. The minimum atomic E-state index is -0.587. The lowest BCUT2D eigenvalue weighted by atomic mass is 10.1. The van der Waals surface area contributed by atoms with Crippen LogP contribution in [-0.2, 0) is 11.8 Å². The maximum Gasteiger partial charge on any atom is 0.293 e. The Balaban J connectivity index is 1.59. The van der Waals surface area contributed by atoms with Crippen LogP contribution in [0.15, 0.2) is 48.8 Å². The Bertz CT molecular complexity index is 1140. The number of nitrogens with one attached hydrogen (secondary N) is 1. The highest BCUT2D eigenvalue weighted by Gasteiger charge is 2.21. The number of aryl methyl sites for hydroxylation is 1. The van der Waals surface area contributed by atoms with Gasteiger partial charge in [0.1, 0.15) is 11.5 Å². The average Bonchev–Trinajstić information content (AvgIpc) is 3.20. The number of halogens is 1. The zero-order valence-electron chi connectivity index (χ0n) is 16.7. The molecule has 0 amide bonds. The fourth-order valence-corrected chi connectivity index (χ4v) is 3.44. The first-order chi connectivity index (χ1) is 14.9. The summed E-state index contributed by atoms with van der Waals surface area (Å²) in [6.07, 6.45) is 3.10. The van der Waals surface area contributed by atoms with E-state index in [1.807, 2.05) is 4.90 Å². The second kappa shape index (κ2) is 8.52. The standard InChI is InChI=1S/C21H20FN5O4/c1-25-7-6-23-21(25)20(28)14-2-4-17(19(12-14)27(29)30)24-15-3-5-18(16(22)13-15)26-8-10-31-11-9-26/h2-7,12-13,24H,8-11H2,1H3. The molecule has 3 aromatic rings. The normalized spacial score (nSPS) is 13.8. The van der Waals surface area contributed by atoms with E-state index >= 15 is 0 Å². The van der Waals surface area contributed by atoms with Crippen LogP contribution < -0.4 is 10.2 Å². The topological polar surface area (TPSA) is 103 Å². The monoisotopic (exact) mass is 425 g/mol. The molecule has 0 aliphatic carbocycles. The number of hydrogen-bond acceptors (Lipinski definition) is 7. The number of ether oxygens (including phenoxy) is 1. The van der Waals surface area contributed by atoms with Gasteiger partial charge in [-0.2, -0.15) is 0 Å². The lowest BCUT2D eigenvalue weighted by Gasteiger charge is -2.29. The van der Waals surface area contributed by atoms with Crippen LogP contribution in [0.25, 0.3) is 0 Å². The smallest absolute Gasteiger partial charge is 0.293 e. The molecule has 1 aliphatic rings. The Morgan fingerprint density at radius 2 is 2.00 bits per heavy atom. The number of anilines is 3. The van der Waals surface area contributed by atoms with Crippen LogP contribution >= 0.6 is 0 Å². The van der Waals surface area contributed by atoms with Crippen molar-refractivity contribution in [1.82, 2.24) is 9.55 Å². The first-order valence-corrected chi connectivity index (χ1v) is 9.64. The summed E-state index contributed by atoms with van der Waals surface area (Å²) >= 11 is 0. The van der Waals surface area contributed by atoms with Gasteiger partial charge in [0.25, 0.3) is 5.69 Å². The van der Waals surface area contributed by atoms with Crippen molar-refractivity contribution in [2.75, 3.05) is 36.5 Å². The maximum atomic E-state index is 14.7. The average molecular weight is 425 g/mol. The largest absolute Gasteiger partial charge is 0.378 e. The van der Waals surface area contributed by atoms with Gasteiger partial charge in [0.15, 0.2) is 5.82 Å². The molecule has 4 rings (SSSR count). The van der Waals surface area contributed by atoms with Crippen molar-refractivity contribution >= 4 is 28.5 Å². The van der Waals surface area contributed by atoms with Gasteiger partial charge in [-0.05, 0) is 30.3 Å². The highest BCUT2D eigenvalue weighted by atomic mass is 19.1. The summed E-state index contributed by atoms with van der Waals surface area (Å²) in [6, 6.07) is 8.69. The molecule has 1 fully saturated rings. The number of aromatic nitrogens is 2.